The van der Waals surface area contributed by atoms with Gasteiger partial charge in [-0.15, -0.1) is 0 Å². The number of para-hydroxylation sites is 2. The average molecular weight is 357 g/mol. The van der Waals surface area contributed by atoms with Gasteiger partial charge in [0.2, 0.25) is 0 Å². The van der Waals surface area contributed by atoms with E-state index in [1.165, 1.54) is 5.56 Å². The molecule has 0 saturated heterocycles. The smallest absolute Gasteiger partial charge is 0.133 e. The van der Waals surface area contributed by atoms with Crippen molar-refractivity contribution in [3.8, 4) is 5.75 Å². The van der Waals surface area contributed by atoms with Crippen molar-refractivity contribution in [2.45, 2.75) is 54.9 Å². The molecule has 3 aromatic rings. The maximum absolute atomic E-state index is 5.30. The number of hydrogen-bond donors (Lipinski definition) is 0. The van der Waals surface area contributed by atoms with Gasteiger partial charge < -0.3 is 9.15 Å². The Hall–Kier alpha value is -2.22. The van der Waals surface area contributed by atoms with Crippen LogP contribution in [0.5, 0.6) is 5.75 Å². The third-order valence-electron chi connectivity index (χ3n) is 2.96. The van der Waals surface area contributed by atoms with Crippen LogP contribution in [0.3, 0.4) is 0 Å². The average Bonchev–Trinajstić information content (AvgIpc) is 3.34. The summed E-state index contributed by atoms with van der Waals surface area (Å²) < 4.78 is 10.4. The van der Waals surface area contributed by atoms with Gasteiger partial charge in [-0.25, -0.2) is 0 Å². The first-order valence-electron chi connectivity index (χ1n) is 9.79. The highest BCUT2D eigenvalue weighted by molar-refractivity contribution is 5.76. The van der Waals surface area contributed by atoms with Crippen LogP contribution in [0.1, 0.15) is 54.0 Å². The van der Waals surface area contributed by atoms with Crippen molar-refractivity contribution in [3.05, 3.63) is 66.4 Å². The van der Waals surface area contributed by atoms with Crippen molar-refractivity contribution in [3.63, 3.8) is 0 Å². The monoisotopic (exact) mass is 356 g/mol. The van der Waals surface area contributed by atoms with E-state index in [1.54, 1.807) is 6.26 Å². The van der Waals surface area contributed by atoms with Crippen LogP contribution in [0.15, 0.2) is 65.3 Å². The molecule has 1 aromatic heterocycles. The lowest BCUT2D eigenvalue weighted by Gasteiger charge is -1.93. The number of fused-ring (bicyclic) bond motifs is 2. The quantitative estimate of drug-likeness (QED) is 0.410. The molecule has 26 heavy (non-hydrogen) atoms. The van der Waals surface area contributed by atoms with Crippen LogP contribution in [0.2, 0.25) is 0 Å². The van der Waals surface area contributed by atoms with Crippen molar-refractivity contribution in [2.24, 2.45) is 5.92 Å². The largest absolute Gasteiger partial charge is 0.493 e. The van der Waals surface area contributed by atoms with Crippen molar-refractivity contribution in [1.29, 1.82) is 0 Å². The zero-order valence-electron chi connectivity index (χ0n) is 17.6. The van der Waals surface area contributed by atoms with E-state index in [4.69, 9.17) is 9.15 Å². The lowest BCUT2D eigenvalue weighted by Crippen LogP contribution is -1.85. The van der Waals surface area contributed by atoms with Gasteiger partial charge in [0.15, 0.2) is 0 Å². The van der Waals surface area contributed by atoms with Gasteiger partial charge in [-0.1, -0.05) is 84.9 Å². The van der Waals surface area contributed by atoms with Gasteiger partial charge in [-0.05, 0) is 29.7 Å². The predicted molar refractivity (Wildman–Crippen MR) is 115 cm³/mol. The second kappa shape index (κ2) is 15.1. The van der Waals surface area contributed by atoms with Gasteiger partial charge in [0.25, 0.3) is 0 Å². The lowest BCUT2D eigenvalue weighted by atomic mass is 10.2. The summed E-state index contributed by atoms with van der Waals surface area (Å²) in [5.74, 6) is 1.90. The van der Waals surface area contributed by atoms with E-state index in [9.17, 15) is 0 Å². The highest BCUT2D eigenvalue weighted by atomic mass is 16.5. The van der Waals surface area contributed by atoms with Crippen molar-refractivity contribution in [2.75, 3.05) is 6.61 Å². The van der Waals surface area contributed by atoms with Crippen molar-refractivity contribution in [1.82, 2.24) is 0 Å². The summed E-state index contributed by atoms with van der Waals surface area (Å²) in [5.41, 5.74) is 2.30. The van der Waals surface area contributed by atoms with E-state index in [-0.39, 0.29) is 0 Å². The zero-order chi connectivity index (χ0) is 19.8. The first-order valence-corrected chi connectivity index (χ1v) is 9.79. The Labute approximate surface area is 160 Å². The minimum absolute atomic E-state index is 0.833. The molecule has 2 heteroatoms. The van der Waals surface area contributed by atoms with Crippen LogP contribution in [-0.4, -0.2) is 6.61 Å². The number of benzene rings is 2. The predicted octanol–water partition coefficient (Wildman–Crippen LogP) is 7.77. The van der Waals surface area contributed by atoms with Crippen LogP contribution in [0.4, 0.5) is 0 Å². The molecule has 0 bridgehead atoms. The fourth-order valence-electron chi connectivity index (χ4n) is 2.03. The first kappa shape index (κ1) is 23.8. The molecule has 2 aromatic carbocycles. The molecule has 0 amide bonds. The van der Waals surface area contributed by atoms with Gasteiger partial charge in [-0.3, -0.25) is 0 Å². The fraction of sp³-hybridized carbons (Fsp3) is 0.417. The summed E-state index contributed by atoms with van der Waals surface area (Å²) in [7, 11) is 0. The molecule has 0 spiro atoms. The van der Waals surface area contributed by atoms with Gasteiger partial charge in [0.05, 0.1) is 12.9 Å². The van der Waals surface area contributed by atoms with Crippen LogP contribution < -0.4 is 4.74 Å². The van der Waals surface area contributed by atoms with Crippen molar-refractivity contribution < 1.29 is 9.15 Å². The van der Waals surface area contributed by atoms with Crippen molar-refractivity contribution >= 4 is 11.0 Å². The molecule has 0 aliphatic carbocycles. The minimum Gasteiger partial charge on any atom is -0.493 e. The first-order chi connectivity index (χ1) is 12.7. The molecule has 0 unspecified atom stereocenters. The molecule has 1 aliphatic heterocycles. The van der Waals surface area contributed by atoms with Gasteiger partial charge in [-0.2, -0.15) is 0 Å². The van der Waals surface area contributed by atoms with Crippen LogP contribution in [0.25, 0.3) is 11.0 Å². The second-order valence-corrected chi connectivity index (χ2v) is 5.90. The van der Waals surface area contributed by atoms with E-state index in [0.29, 0.717) is 0 Å². The molecule has 0 atom stereocenters. The maximum Gasteiger partial charge on any atom is 0.133 e. The minimum atomic E-state index is 0.833. The zero-order valence-corrected chi connectivity index (χ0v) is 17.6. The third-order valence-corrected chi connectivity index (χ3v) is 2.96. The molecule has 0 saturated carbocycles. The summed E-state index contributed by atoms with van der Waals surface area (Å²) in [6, 6.07) is 18.1. The summed E-state index contributed by atoms with van der Waals surface area (Å²) >= 11 is 0. The molecule has 144 valence electrons. The lowest BCUT2D eigenvalue weighted by molar-refractivity contribution is 0.357. The highest BCUT2D eigenvalue weighted by Gasteiger charge is 2.08. The van der Waals surface area contributed by atoms with Gasteiger partial charge >= 0.3 is 0 Å². The topological polar surface area (TPSA) is 22.4 Å². The molecule has 0 radical (unpaired) electrons. The number of rotatable bonds is 0. The third kappa shape index (κ3) is 9.31. The Morgan fingerprint density at radius 2 is 1.35 bits per heavy atom. The Kier molecular flexibility index (Phi) is 13.8. The molecule has 0 N–H and O–H groups in total. The standard InChI is InChI=1S/C8H8O.C8H6O.C4H10.2C2H6/c2*1-2-4-8-7(3-1)5-6-9-8;1-4(2)3;2*1-2/h1-4H,5-6H2;1-6H;4H,1-3H3;2*1-2H3. The van der Waals surface area contributed by atoms with E-state index < -0.39 is 0 Å². The summed E-state index contributed by atoms with van der Waals surface area (Å²) in [4.78, 5) is 0. The molecule has 0 fully saturated rings. The highest BCUT2D eigenvalue weighted by Crippen LogP contribution is 2.23. The molecule has 4 rings (SSSR count). The summed E-state index contributed by atoms with van der Waals surface area (Å²) in [6.45, 7) is 15.4. The molecule has 2 heterocycles. The van der Waals surface area contributed by atoms with Crippen LogP contribution in [-0.2, 0) is 6.42 Å². The maximum atomic E-state index is 5.30. The van der Waals surface area contributed by atoms with Crippen LogP contribution in [0, 0.1) is 5.92 Å². The molecule has 1 aliphatic rings. The Morgan fingerprint density at radius 3 is 1.96 bits per heavy atom. The SMILES string of the molecule is CC.CC.CC(C)C.c1ccc2c(c1)CCO2.c1ccc2occc2c1. The Balaban J connectivity index is 0.000000349. The molecule has 2 nitrogen and oxygen atoms in total. The van der Waals surface area contributed by atoms with E-state index in [2.05, 4.69) is 26.8 Å². The second-order valence-electron chi connectivity index (χ2n) is 5.90. The number of hydrogen-bond acceptors (Lipinski definition) is 2. The van der Waals surface area contributed by atoms with E-state index in [1.807, 2.05) is 76.2 Å². The summed E-state index contributed by atoms with van der Waals surface area (Å²) in [5, 5.41) is 1.16. The normalized spacial score (nSPS) is 10.5. The number of ether oxygens (including phenoxy) is 1. The summed E-state index contributed by atoms with van der Waals surface area (Å²) in [6.07, 6.45) is 2.78. The Morgan fingerprint density at radius 1 is 0.769 bits per heavy atom. The van der Waals surface area contributed by atoms with E-state index in [0.717, 1.165) is 35.7 Å². The Bertz CT molecular complexity index is 627. The van der Waals surface area contributed by atoms with Crippen LogP contribution >= 0.6 is 0 Å². The number of furan rings is 1. The molecular weight excluding hydrogens is 320 g/mol. The van der Waals surface area contributed by atoms with E-state index >= 15 is 0 Å². The fourth-order valence-corrected chi connectivity index (χ4v) is 2.03. The molecular formula is C24H36O2. The van der Waals surface area contributed by atoms with Gasteiger partial charge in [0.1, 0.15) is 11.3 Å². The van der Waals surface area contributed by atoms with Gasteiger partial charge in [0, 0.05) is 11.8 Å².